The monoisotopic (exact) mass is 507 g/mol. The highest BCUT2D eigenvalue weighted by atomic mass is 32.2. The summed E-state index contributed by atoms with van der Waals surface area (Å²) < 4.78 is 79.5. The predicted molar refractivity (Wildman–Crippen MR) is 120 cm³/mol. The lowest BCUT2D eigenvalue weighted by molar-refractivity contribution is -0.141. The van der Waals surface area contributed by atoms with Gasteiger partial charge < -0.3 is 5.32 Å². The number of nitrogens with one attached hydrogen (secondary N) is 2. The number of halogens is 4. The van der Waals surface area contributed by atoms with Crippen LogP contribution in [0.5, 0.6) is 0 Å². The number of sulfonamides is 1. The first-order valence-corrected chi connectivity index (χ1v) is 11.6. The van der Waals surface area contributed by atoms with E-state index in [1.54, 1.807) is 0 Å². The Morgan fingerprint density at radius 1 is 1.29 bits per heavy atom. The van der Waals surface area contributed by atoms with Gasteiger partial charge >= 0.3 is 6.18 Å². The number of aromatic nitrogens is 3. The van der Waals surface area contributed by atoms with E-state index in [1.165, 1.54) is 30.6 Å². The van der Waals surface area contributed by atoms with Crippen LogP contribution in [0.1, 0.15) is 22.4 Å². The van der Waals surface area contributed by atoms with Crippen molar-refractivity contribution >= 4 is 27.7 Å². The minimum Gasteiger partial charge on any atom is -0.348 e. The summed E-state index contributed by atoms with van der Waals surface area (Å²) in [6.07, 6.45) is 6.60. The van der Waals surface area contributed by atoms with Crippen molar-refractivity contribution in [3.8, 4) is 18.2 Å². The topological polar surface area (TPSA) is 106 Å². The number of benzene rings is 1. The Kier molecular flexibility index (Phi) is 7.25. The van der Waals surface area contributed by atoms with Gasteiger partial charge in [0, 0.05) is 30.6 Å². The fourth-order valence-electron chi connectivity index (χ4n) is 2.91. The third-order valence-corrected chi connectivity index (χ3v) is 4.97. The fourth-order valence-corrected chi connectivity index (χ4v) is 3.48. The van der Waals surface area contributed by atoms with Crippen LogP contribution in [-0.4, -0.2) is 35.3 Å². The quantitative estimate of drug-likeness (QED) is 0.291. The Morgan fingerprint density at radius 3 is 2.63 bits per heavy atom. The standard InChI is InChI=1S/C22H17F4N5O3S/c1-3-15-11-14(12-17(23)20(15)30-35(2,33)34)13-27-19(32)8-6-16-5-7-18(22(24,25)26)29-21(16)31-10-4-9-28-31/h1,4-12,30H,13H2,2H3,(H,27,32)/b8-6+. The highest BCUT2D eigenvalue weighted by Gasteiger charge is 2.33. The second-order valence-corrected chi connectivity index (χ2v) is 8.88. The summed E-state index contributed by atoms with van der Waals surface area (Å²) in [5.74, 6) is 0.477. The van der Waals surface area contributed by atoms with Crippen molar-refractivity contribution in [1.82, 2.24) is 20.1 Å². The SMILES string of the molecule is C#Cc1cc(CNC(=O)/C=C/c2ccc(C(F)(F)F)nc2-n2cccn2)cc(F)c1NS(C)(=O)=O. The molecule has 3 aromatic rings. The molecule has 1 aromatic carbocycles. The van der Waals surface area contributed by atoms with Gasteiger partial charge in [-0.2, -0.15) is 18.3 Å². The van der Waals surface area contributed by atoms with Crippen LogP contribution in [0.25, 0.3) is 11.9 Å². The molecule has 35 heavy (non-hydrogen) atoms. The second kappa shape index (κ2) is 9.98. The molecular formula is C22H17F4N5O3S. The summed E-state index contributed by atoms with van der Waals surface area (Å²) in [7, 11) is -3.77. The van der Waals surface area contributed by atoms with E-state index in [4.69, 9.17) is 6.42 Å². The largest absolute Gasteiger partial charge is 0.433 e. The van der Waals surface area contributed by atoms with E-state index in [0.717, 1.165) is 35.2 Å². The van der Waals surface area contributed by atoms with Crippen molar-refractivity contribution in [3.05, 3.63) is 77.0 Å². The number of hydrogen-bond acceptors (Lipinski definition) is 5. The highest BCUT2D eigenvalue weighted by molar-refractivity contribution is 7.92. The Bertz CT molecular complexity index is 1430. The van der Waals surface area contributed by atoms with Crippen molar-refractivity contribution in [1.29, 1.82) is 0 Å². The van der Waals surface area contributed by atoms with Crippen LogP contribution >= 0.6 is 0 Å². The number of nitrogens with zero attached hydrogens (tertiary/aromatic N) is 3. The molecule has 0 unspecified atom stereocenters. The molecule has 0 aliphatic heterocycles. The molecule has 2 aromatic heterocycles. The molecular weight excluding hydrogens is 490 g/mol. The number of alkyl halides is 3. The van der Waals surface area contributed by atoms with Crippen LogP contribution in [0.4, 0.5) is 23.2 Å². The fraction of sp³-hybridized carbons (Fsp3) is 0.136. The van der Waals surface area contributed by atoms with Gasteiger partial charge in [-0.25, -0.2) is 22.5 Å². The molecule has 3 rings (SSSR count). The zero-order valence-corrected chi connectivity index (χ0v) is 18.8. The van der Waals surface area contributed by atoms with Crippen molar-refractivity contribution in [2.24, 2.45) is 0 Å². The lowest BCUT2D eigenvalue weighted by Crippen LogP contribution is -2.21. The summed E-state index contributed by atoms with van der Waals surface area (Å²) in [6, 6.07) is 5.77. The molecule has 0 saturated heterocycles. The summed E-state index contributed by atoms with van der Waals surface area (Å²) >= 11 is 0. The molecule has 8 nitrogen and oxygen atoms in total. The Balaban J connectivity index is 1.77. The lowest BCUT2D eigenvalue weighted by Gasteiger charge is -2.11. The molecule has 13 heteroatoms. The summed E-state index contributed by atoms with van der Waals surface area (Å²) in [6.45, 7) is -0.162. The maximum absolute atomic E-state index is 14.4. The van der Waals surface area contributed by atoms with E-state index < -0.39 is 33.6 Å². The third-order valence-electron chi connectivity index (χ3n) is 4.39. The number of carbonyl (C=O) groups excluding carboxylic acids is 1. The van der Waals surface area contributed by atoms with Crippen LogP contribution in [0.15, 0.2) is 48.8 Å². The number of pyridine rings is 1. The zero-order chi connectivity index (χ0) is 25.8. The second-order valence-electron chi connectivity index (χ2n) is 7.13. The number of amides is 1. The van der Waals surface area contributed by atoms with E-state index in [1.807, 2.05) is 4.72 Å². The lowest BCUT2D eigenvalue weighted by atomic mass is 10.1. The van der Waals surface area contributed by atoms with Crippen LogP contribution in [0.2, 0.25) is 0 Å². The molecule has 0 bridgehead atoms. The molecule has 0 atom stereocenters. The smallest absolute Gasteiger partial charge is 0.348 e. The number of hydrogen-bond donors (Lipinski definition) is 2. The van der Waals surface area contributed by atoms with Crippen molar-refractivity contribution in [3.63, 3.8) is 0 Å². The van der Waals surface area contributed by atoms with Crippen LogP contribution < -0.4 is 10.0 Å². The number of carbonyl (C=O) groups is 1. The maximum atomic E-state index is 14.4. The molecule has 1 amide bonds. The zero-order valence-electron chi connectivity index (χ0n) is 18.0. The van der Waals surface area contributed by atoms with Gasteiger partial charge in [0.25, 0.3) is 0 Å². The van der Waals surface area contributed by atoms with Gasteiger partial charge in [0.15, 0.2) is 5.82 Å². The molecule has 0 fully saturated rings. The average Bonchev–Trinajstić information content (AvgIpc) is 3.31. The van der Waals surface area contributed by atoms with E-state index in [-0.39, 0.29) is 34.7 Å². The van der Waals surface area contributed by atoms with Gasteiger partial charge in [-0.15, -0.1) is 6.42 Å². The molecule has 0 saturated carbocycles. The first-order chi connectivity index (χ1) is 16.4. The van der Waals surface area contributed by atoms with Crippen LogP contribution in [0, 0.1) is 18.2 Å². The van der Waals surface area contributed by atoms with Crippen LogP contribution in [-0.2, 0) is 27.5 Å². The Hall–Kier alpha value is -4.18. The number of terminal acetylenes is 1. The molecule has 0 aliphatic rings. The minimum atomic E-state index is -4.67. The molecule has 2 N–H and O–H groups in total. The third kappa shape index (κ3) is 6.67. The minimum absolute atomic E-state index is 0.0603. The first kappa shape index (κ1) is 25.4. The molecule has 0 spiro atoms. The van der Waals surface area contributed by atoms with E-state index in [0.29, 0.717) is 0 Å². The molecule has 0 radical (unpaired) electrons. The van der Waals surface area contributed by atoms with E-state index in [2.05, 4.69) is 21.3 Å². The van der Waals surface area contributed by atoms with Gasteiger partial charge in [0.05, 0.1) is 17.5 Å². The predicted octanol–water partition coefficient (Wildman–Crippen LogP) is 3.11. The van der Waals surface area contributed by atoms with Gasteiger partial charge in [0.1, 0.15) is 11.5 Å². The Morgan fingerprint density at radius 2 is 2.03 bits per heavy atom. The van der Waals surface area contributed by atoms with Gasteiger partial charge in [-0.05, 0) is 42.0 Å². The van der Waals surface area contributed by atoms with Crippen LogP contribution in [0.3, 0.4) is 0 Å². The molecule has 182 valence electrons. The summed E-state index contributed by atoms with van der Waals surface area (Å²) in [5, 5.41) is 6.37. The highest BCUT2D eigenvalue weighted by Crippen LogP contribution is 2.29. The van der Waals surface area contributed by atoms with Crippen molar-refractivity contribution in [2.75, 3.05) is 11.0 Å². The van der Waals surface area contributed by atoms with E-state index in [9.17, 15) is 30.8 Å². The average molecular weight is 507 g/mol. The first-order valence-electron chi connectivity index (χ1n) is 9.68. The maximum Gasteiger partial charge on any atom is 0.433 e. The normalized spacial score (nSPS) is 11.9. The molecule has 0 aliphatic carbocycles. The summed E-state index contributed by atoms with van der Waals surface area (Å²) in [4.78, 5) is 15.9. The van der Waals surface area contributed by atoms with E-state index >= 15 is 0 Å². The van der Waals surface area contributed by atoms with Gasteiger partial charge in [-0.3, -0.25) is 9.52 Å². The summed E-state index contributed by atoms with van der Waals surface area (Å²) in [5.41, 5.74) is -1.12. The number of rotatable bonds is 7. The van der Waals surface area contributed by atoms with Crippen molar-refractivity contribution < 1.29 is 30.8 Å². The van der Waals surface area contributed by atoms with Crippen molar-refractivity contribution in [2.45, 2.75) is 12.7 Å². The van der Waals surface area contributed by atoms with Gasteiger partial charge in [0.2, 0.25) is 15.9 Å². The van der Waals surface area contributed by atoms with Gasteiger partial charge in [-0.1, -0.05) is 5.92 Å². The molecule has 2 heterocycles. The Labute approximate surface area is 197 Å². The number of anilines is 1.